The standard InChI is InChI=1S/C14H19N3O/c1-2-17-12-14(11-16-17)18-9-8-15-10-13-6-4-3-5-7-13/h3-7,11-12,15H,2,8-10H2,1H3. The molecule has 96 valence electrons. The summed E-state index contributed by atoms with van der Waals surface area (Å²) < 4.78 is 7.43. The lowest BCUT2D eigenvalue weighted by Crippen LogP contribution is -2.20. The molecular weight excluding hydrogens is 226 g/mol. The first-order chi connectivity index (χ1) is 8.88. The second kappa shape index (κ2) is 6.81. The number of aromatic nitrogens is 2. The highest BCUT2D eigenvalue weighted by molar-refractivity contribution is 5.14. The Morgan fingerprint density at radius 2 is 2.11 bits per heavy atom. The van der Waals surface area contributed by atoms with Crippen molar-refractivity contribution in [2.45, 2.75) is 20.0 Å². The molecule has 0 saturated carbocycles. The Bertz CT molecular complexity index is 453. The van der Waals surface area contributed by atoms with E-state index in [0.717, 1.165) is 25.4 Å². The number of ether oxygens (including phenoxy) is 1. The van der Waals surface area contributed by atoms with Crippen molar-refractivity contribution in [2.24, 2.45) is 0 Å². The Morgan fingerprint density at radius 3 is 2.83 bits per heavy atom. The zero-order valence-electron chi connectivity index (χ0n) is 10.7. The molecule has 18 heavy (non-hydrogen) atoms. The topological polar surface area (TPSA) is 39.1 Å². The molecule has 1 N–H and O–H groups in total. The van der Waals surface area contributed by atoms with Crippen LogP contribution in [0.4, 0.5) is 0 Å². The maximum Gasteiger partial charge on any atom is 0.157 e. The Hall–Kier alpha value is -1.81. The molecule has 4 nitrogen and oxygen atoms in total. The van der Waals surface area contributed by atoms with Crippen molar-refractivity contribution in [3.63, 3.8) is 0 Å². The van der Waals surface area contributed by atoms with Gasteiger partial charge in [0.2, 0.25) is 0 Å². The van der Waals surface area contributed by atoms with E-state index < -0.39 is 0 Å². The first kappa shape index (κ1) is 12.6. The maximum atomic E-state index is 5.58. The molecule has 0 aliphatic rings. The van der Waals surface area contributed by atoms with E-state index in [4.69, 9.17) is 4.74 Å². The molecule has 0 radical (unpaired) electrons. The molecule has 0 unspecified atom stereocenters. The summed E-state index contributed by atoms with van der Waals surface area (Å²) in [6.07, 6.45) is 3.66. The highest BCUT2D eigenvalue weighted by atomic mass is 16.5. The normalized spacial score (nSPS) is 10.5. The summed E-state index contributed by atoms with van der Waals surface area (Å²) in [5, 5.41) is 7.49. The average molecular weight is 245 g/mol. The number of hydrogen-bond acceptors (Lipinski definition) is 3. The Kier molecular flexibility index (Phi) is 4.78. The molecule has 0 bridgehead atoms. The van der Waals surface area contributed by atoms with E-state index in [9.17, 15) is 0 Å². The first-order valence-electron chi connectivity index (χ1n) is 6.28. The van der Waals surface area contributed by atoms with Crippen molar-refractivity contribution < 1.29 is 4.74 Å². The summed E-state index contributed by atoms with van der Waals surface area (Å²) in [7, 11) is 0. The predicted octanol–water partition coefficient (Wildman–Crippen LogP) is 2.07. The van der Waals surface area contributed by atoms with Gasteiger partial charge in [0.15, 0.2) is 5.75 Å². The highest BCUT2D eigenvalue weighted by Crippen LogP contribution is 2.07. The molecule has 0 aliphatic carbocycles. The molecule has 1 aromatic heterocycles. The van der Waals surface area contributed by atoms with E-state index in [2.05, 4.69) is 29.5 Å². The molecule has 0 fully saturated rings. The summed E-state index contributed by atoms with van der Waals surface area (Å²) in [4.78, 5) is 0. The van der Waals surface area contributed by atoms with Gasteiger partial charge in [-0.25, -0.2) is 0 Å². The van der Waals surface area contributed by atoms with Crippen LogP contribution in [-0.2, 0) is 13.1 Å². The summed E-state index contributed by atoms with van der Waals surface area (Å²) in [5.74, 6) is 0.832. The molecule has 0 atom stereocenters. The third-order valence-corrected chi connectivity index (χ3v) is 2.65. The minimum absolute atomic E-state index is 0.655. The van der Waals surface area contributed by atoms with Crippen LogP contribution < -0.4 is 10.1 Å². The second-order valence-corrected chi connectivity index (χ2v) is 4.04. The second-order valence-electron chi connectivity index (χ2n) is 4.04. The van der Waals surface area contributed by atoms with E-state index >= 15 is 0 Å². The lowest BCUT2D eigenvalue weighted by Gasteiger charge is -2.05. The van der Waals surface area contributed by atoms with Crippen molar-refractivity contribution in [1.29, 1.82) is 0 Å². The van der Waals surface area contributed by atoms with Gasteiger partial charge in [-0.3, -0.25) is 4.68 Å². The third-order valence-electron chi connectivity index (χ3n) is 2.65. The van der Waals surface area contributed by atoms with E-state index in [1.54, 1.807) is 6.20 Å². The van der Waals surface area contributed by atoms with Crippen molar-refractivity contribution in [2.75, 3.05) is 13.2 Å². The van der Waals surface area contributed by atoms with Crippen molar-refractivity contribution in [3.05, 3.63) is 48.3 Å². The predicted molar refractivity (Wildman–Crippen MR) is 71.5 cm³/mol. The van der Waals surface area contributed by atoms with Crippen LogP contribution in [0.1, 0.15) is 12.5 Å². The largest absolute Gasteiger partial charge is 0.489 e. The fraction of sp³-hybridized carbons (Fsp3) is 0.357. The molecule has 2 rings (SSSR count). The lowest BCUT2D eigenvalue weighted by atomic mass is 10.2. The van der Waals surface area contributed by atoms with E-state index in [0.29, 0.717) is 6.61 Å². The number of aryl methyl sites for hydroxylation is 1. The van der Waals surface area contributed by atoms with Crippen molar-refractivity contribution in [3.8, 4) is 5.75 Å². The summed E-state index contributed by atoms with van der Waals surface area (Å²) in [6, 6.07) is 10.3. The van der Waals surface area contributed by atoms with Crippen LogP contribution in [0.2, 0.25) is 0 Å². The quantitative estimate of drug-likeness (QED) is 0.759. The number of nitrogens with one attached hydrogen (secondary N) is 1. The minimum Gasteiger partial charge on any atom is -0.489 e. The minimum atomic E-state index is 0.655. The maximum absolute atomic E-state index is 5.58. The molecule has 4 heteroatoms. The Labute approximate surface area is 108 Å². The van der Waals surface area contributed by atoms with Gasteiger partial charge in [0, 0.05) is 19.6 Å². The van der Waals surface area contributed by atoms with Gasteiger partial charge in [-0.05, 0) is 12.5 Å². The summed E-state index contributed by atoms with van der Waals surface area (Å²) in [6.45, 7) is 5.28. The van der Waals surface area contributed by atoms with Gasteiger partial charge in [-0.2, -0.15) is 5.10 Å². The monoisotopic (exact) mass is 245 g/mol. The van der Waals surface area contributed by atoms with Gasteiger partial charge in [-0.15, -0.1) is 0 Å². The summed E-state index contributed by atoms with van der Waals surface area (Å²) >= 11 is 0. The number of benzene rings is 1. The average Bonchev–Trinajstić information content (AvgIpc) is 2.87. The first-order valence-corrected chi connectivity index (χ1v) is 6.28. The molecule has 1 aromatic carbocycles. The van der Waals surface area contributed by atoms with Gasteiger partial charge < -0.3 is 10.1 Å². The molecule has 0 spiro atoms. The van der Waals surface area contributed by atoms with Gasteiger partial charge >= 0.3 is 0 Å². The van der Waals surface area contributed by atoms with Gasteiger partial charge in [0.05, 0.1) is 12.4 Å². The highest BCUT2D eigenvalue weighted by Gasteiger charge is 1.97. The molecule has 0 aliphatic heterocycles. The van der Waals surface area contributed by atoms with Crippen LogP contribution in [0.15, 0.2) is 42.7 Å². The van der Waals surface area contributed by atoms with Crippen LogP contribution >= 0.6 is 0 Å². The summed E-state index contributed by atoms with van der Waals surface area (Å²) in [5.41, 5.74) is 1.29. The zero-order valence-corrected chi connectivity index (χ0v) is 10.7. The molecule has 2 aromatic rings. The van der Waals surface area contributed by atoms with Gasteiger partial charge in [0.1, 0.15) is 6.61 Å². The molecule has 0 amide bonds. The van der Waals surface area contributed by atoms with Gasteiger partial charge in [0.25, 0.3) is 0 Å². The Balaban J connectivity index is 1.61. The van der Waals surface area contributed by atoms with Crippen molar-refractivity contribution >= 4 is 0 Å². The van der Waals surface area contributed by atoms with Crippen LogP contribution in [0, 0.1) is 0 Å². The zero-order chi connectivity index (χ0) is 12.6. The number of rotatable bonds is 7. The van der Waals surface area contributed by atoms with E-state index in [1.165, 1.54) is 5.56 Å². The van der Waals surface area contributed by atoms with Crippen LogP contribution in [0.5, 0.6) is 5.75 Å². The fourth-order valence-electron chi connectivity index (χ4n) is 1.66. The Morgan fingerprint density at radius 1 is 1.28 bits per heavy atom. The van der Waals surface area contributed by atoms with Crippen LogP contribution in [0.25, 0.3) is 0 Å². The number of hydrogen-bond donors (Lipinski definition) is 1. The van der Waals surface area contributed by atoms with E-state index in [1.807, 2.05) is 29.1 Å². The molecular formula is C14H19N3O. The molecule has 0 saturated heterocycles. The van der Waals surface area contributed by atoms with Crippen LogP contribution in [-0.4, -0.2) is 22.9 Å². The van der Waals surface area contributed by atoms with Gasteiger partial charge in [-0.1, -0.05) is 30.3 Å². The van der Waals surface area contributed by atoms with Crippen LogP contribution in [0.3, 0.4) is 0 Å². The SMILES string of the molecule is CCn1cc(OCCNCc2ccccc2)cn1. The van der Waals surface area contributed by atoms with E-state index in [-0.39, 0.29) is 0 Å². The van der Waals surface area contributed by atoms with Crippen molar-refractivity contribution in [1.82, 2.24) is 15.1 Å². The smallest absolute Gasteiger partial charge is 0.157 e. The molecule has 1 heterocycles. The number of nitrogens with zero attached hydrogens (tertiary/aromatic N) is 2. The fourth-order valence-corrected chi connectivity index (χ4v) is 1.66. The lowest BCUT2D eigenvalue weighted by molar-refractivity contribution is 0.313. The third kappa shape index (κ3) is 3.89.